The minimum Gasteiger partial charge on any atom is -0.543 e. The molecule has 0 fully saturated rings. The average Bonchev–Trinajstić information content (AvgIpc) is 2.70. The van der Waals surface area contributed by atoms with Crippen LogP contribution in [0.4, 0.5) is 0 Å². The fourth-order valence-corrected chi connectivity index (χ4v) is 5.96. The zero-order valence-electron chi connectivity index (χ0n) is 19.4. The number of phenols is 1. The largest absolute Gasteiger partial charge is 0.543 e. The van der Waals surface area contributed by atoms with Crippen LogP contribution in [-0.4, -0.2) is 19.4 Å². The Balaban J connectivity index is 2.14. The number of benzene rings is 3. The van der Waals surface area contributed by atoms with Gasteiger partial charge in [0.15, 0.2) is 0 Å². The van der Waals surface area contributed by atoms with Crippen molar-refractivity contribution >= 4 is 25.1 Å². The van der Waals surface area contributed by atoms with E-state index in [4.69, 9.17) is 9.16 Å². The van der Waals surface area contributed by atoms with Crippen LogP contribution in [0.15, 0.2) is 54.6 Å². The lowest BCUT2D eigenvalue weighted by Crippen LogP contribution is -2.48. The minimum atomic E-state index is -2.26. The fourth-order valence-electron chi connectivity index (χ4n) is 3.60. The van der Waals surface area contributed by atoms with E-state index in [2.05, 4.69) is 40.8 Å². The van der Waals surface area contributed by atoms with Crippen LogP contribution in [0.2, 0.25) is 18.1 Å². The number of esters is 1. The van der Waals surface area contributed by atoms with E-state index in [1.807, 2.05) is 31.2 Å². The number of aryl methyl sites for hydroxylation is 1. The summed E-state index contributed by atoms with van der Waals surface area (Å²) in [5, 5.41) is 12.4. The maximum atomic E-state index is 13.0. The minimum absolute atomic E-state index is 0.00932. The van der Waals surface area contributed by atoms with Crippen molar-refractivity contribution in [1.29, 1.82) is 0 Å². The van der Waals surface area contributed by atoms with Gasteiger partial charge in [0.1, 0.15) is 22.8 Å². The highest BCUT2D eigenvalue weighted by Crippen LogP contribution is 2.47. The maximum absolute atomic E-state index is 13.0. The molecule has 0 bridgehead atoms. The lowest BCUT2D eigenvalue weighted by molar-refractivity contribution is 0.0731. The smallest absolute Gasteiger partial charge is 0.347 e. The predicted molar refractivity (Wildman–Crippen MR) is 129 cm³/mol. The van der Waals surface area contributed by atoms with Crippen molar-refractivity contribution in [2.75, 3.05) is 0 Å². The topological polar surface area (TPSA) is 55.8 Å². The molecule has 0 saturated heterocycles. The van der Waals surface area contributed by atoms with Crippen LogP contribution in [-0.2, 0) is 0 Å². The van der Waals surface area contributed by atoms with Crippen molar-refractivity contribution < 1.29 is 19.1 Å². The molecule has 0 aliphatic carbocycles. The van der Waals surface area contributed by atoms with Crippen molar-refractivity contribution in [1.82, 2.24) is 0 Å². The van der Waals surface area contributed by atoms with Crippen LogP contribution in [0.3, 0.4) is 0 Å². The lowest BCUT2D eigenvalue weighted by Gasteiger charge is -2.42. The number of aromatic hydroxyl groups is 1. The van der Waals surface area contributed by atoms with Gasteiger partial charge in [0.05, 0.1) is 0 Å². The maximum Gasteiger partial charge on any atom is 0.347 e. The number of fused-ring (bicyclic) bond motifs is 1. The molecule has 0 aliphatic rings. The number of hydrogen-bond acceptors (Lipinski definition) is 4. The Morgan fingerprint density at radius 2 is 1.68 bits per heavy atom. The number of carbonyl (C=O) groups excluding carboxylic acids is 1. The first-order valence-electron chi connectivity index (χ1n) is 10.7. The summed E-state index contributed by atoms with van der Waals surface area (Å²) >= 11 is 0. The van der Waals surface area contributed by atoms with Gasteiger partial charge in [-0.15, -0.1) is 0 Å². The molecule has 4 nitrogen and oxygen atoms in total. The summed E-state index contributed by atoms with van der Waals surface area (Å²) in [6, 6.07) is 16.2. The van der Waals surface area contributed by atoms with Gasteiger partial charge < -0.3 is 14.3 Å². The highest BCUT2D eigenvalue weighted by atomic mass is 28.4. The van der Waals surface area contributed by atoms with Gasteiger partial charge in [-0.05, 0) is 54.7 Å². The Kier molecular flexibility index (Phi) is 6.19. The standard InChI is InChI=1S/C26H32O4Si/c1-17(2)26(4,5)31(6,7)30-22-16-21(25(28)29-19-13-9-8-10-14-19)24(27)20-15-11-12-18(3)23(20)22/h8-17,27H,1-7H3. The molecule has 31 heavy (non-hydrogen) atoms. The monoisotopic (exact) mass is 436 g/mol. The van der Waals surface area contributed by atoms with Crippen molar-refractivity contribution in [2.24, 2.45) is 5.92 Å². The van der Waals surface area contributed by atoms with Crippen LogP contribution in [0.25, 0.3) is 10.8 Å². The molecule has 0 heterocycles. The molecule has 1 N–H and O–H groups in total. The molecule has 164 valence electrons. The van der Waals surface area contributed by atoms with E-state index in [1.54, 1.807) is 30.3 Å². The Morgan fingerprint density at radius 1 is 1.03 bits per heavy atom. The van der Waals surface area contributed by atoms with E-state index >= 15 is 0 Å². The zero-order chi connectivity index (χ0) is 23.0. The SMILES string of the molecule is Cc1cccc2c(O)c(C(=O)Oc3ccccc3)cc(O[Si](C)(C)C(C)(C)C(C)C)c12. The first kappa shape index (κ1) is 22.9. The van der Waals surface area contributed by atoms with Crippen molar-refractivity contribution in [3.63, 3.8) is 0 Å². The van der Waals surface area contributed by atoms with Gasteiger partial charge in [-0.2, -0.15) is 0 Å². The van der Waals surface area contributed by atoms with E-state index in [9.17, 15) is 9.90 Å². The summed E-state index contributed by atoms with van der Waals surface area (Å²) in [4.78, 5) is 13.0. The zero-order valence-corrected chi connectivity index (χ0v) is 20.4. The third-order valence-corrected chi connectivity index (χ3v) is 11.2. The summed E-state index contributed by atoms with van der Waals surface area (Å²) in [7, 11) is -2.26. The first-order valence-corrected chi connectivity index (χ1v) is 13.6. The normalized spacial score (nSPS) is 12.3. The number of ether oxygens (including phenoxy) is 1. The molecular formula is C26H32O4Si. The highest BCUT2D eigenvalue weighted by molar-refractivity contribution is 6.75. The molecule has 3 aromatic carbocycles. The second kappa shape index (κ2) is 8.38. The summed E-state index contributed by atoms with van der Waals surface area (Å²) < 4.78 is 12.2. The lowest BCUT2D eigenvalue weighted by atomic mass is 9.99. The Morgan fingerprint density at radius 3 is 2.29 bits per heavy atom. The van der Waals surface area contributed by atoms with Gasteiger partial charge in [0.2, 0.25) is 0 Å². The van der Waals surface area contributed by atoms with Gasteiger partial charge in [-0.1, -0.05) is 64.1 Å². The van der Waals surface area contributed by atoms with E-state index in [0.29, 0.717) is 22.8 Å². The molecule has 5 heteroatoms. The Labute approximate surface area is 186 Å². The Bertz CT molecular complexity index is 1100. The van der Waals surface area contributed by atoms with Crippen molar-refractivity contribution in [3.8, 4) is 17.2 Å². The summed E-state index contributed by atoms with van der Waals surface area (Å²) in [5.41, 5.74) is 1.09. The van der Waals surface area contributed by atoms with Crippen molar-refractivity contribution in [2.45, 2.75) is 52.8 Å². The number of para-hydroxylation sites is 1. The summed E-state index contributed by atoms with van der Waals surface area (Å²) in [6.45, 7) is 15.3. The number of carbonyl (C=O) groups is 1. The van der Waals surface area contributed by atoms with Crippen LogP contribution in [0.1, 0.15) is 43.6 Å². The van der Waals surface area contributed by atoms with Gasteiger partial charge in [0.25, 0.3) is 8.32 Å². The fraction of sp³-hybridized carbons (Fsp3) is 0.346. The molecule has 0 atom stereocenters. The van der Waals surface area contributed by atoms with Crippen LogP contribution in [0.5, 0.6) is 17.2 Å². The summed E-state index contributed by atoms with van der Waals surface area (Å²) in [5.74, 6) is 0.779. The highest BCUT2D eigenvalue weighted by Gasteiger charge is 2.45. The van der Waals surface area contributed by atoms with Crippen molar-refractivity contribution in [3.05, 3.63) is 65.7 Å². The van der Waals surface area contributed by atoms with Gasteiger partial charge in [-0.3, -0.25) is 0 Å². The molecule has 3 rings (SSSR count). The van der Waals surface area contributed by atoms with Gasteiger partial charge in [0, 0.05) is 10.8 Å². The van der Waals surface area contributed by atoms with Crippen LogP contribution >= 0.6 is 0 Å². The van der Waals surface area contributed by atoms with Crippen LogP contribution in [0, 0.1) is 12.8 Å². The molecule has 0 unspecified atom stereocenters. The molecule has 0 aromatic heterocycles. The molecule has 0 aliphatic heterocycles. The quantitative estimate of drug-likeness (QED) is 0.254. The van der Waals surface area contributed by atoms with Gasteiger partial charge in [-0.25, -0.2) is 4.79 Å². The van der Waals surface area contributed by atoms with Gasteiger partial charge >= 0.3 is 5.97 Å². The molecular weight excluding hydrogens is 404 g/mol. The third kappa shape index (κ3) is 4.33. The molecule has 3 aromatic rings. The Hall–Kier alpha value is -2.79. The van der Waals surface area contributed by atoms with E-state index in [1.165, 1.54) is 0 Å². The number of rotatable bonds is 6. The molecule has 0 amide bonds. The predicted octanol–water partition coefficient (Wildman–Crippen LogP) is 7.09. The second-order valence-corrected chi connectivity index (χ2v) is 14.0. The first-order chi connectivity index (χ1) is 14.5. The summed E-state index contributed by atoms with van der Waals surface area (Å²) in [6.07, 6.45) is 0. The number of hydrogen-bond donors (Lipinski definition) is 1. The van der Waals surface area contributed by atoms with E-state index < -0.39 is 14.3 Å². The molecule has 0 spiro atoms. The van der Waals surface area contributed by atoms with Crippen LogP contribution < -0.4 is 9.16 Å². The molecule has 0 radical (unpaired) electrons. The van der Waals surface area contributed by atoms with E-state index in [0.717, 1.165) is 10.9 Å². The second-order valence-electron chi connectivity index (χ2n) is 9.46. The molecule has 0 saturated carbocycles. The average molecular weight is 437 g/mol. The third-order valence-electron chi connectivity index (χ3n) is 6.84. The number of phenolic OH excluding ortho intramolecular Hbond substituents is 1. The van der Waals surface area contributed by atoms with E-state index in [-0.39, 0.29) is 16.4 Å².